The number of ether oxygens (including phenoxy) is 1. The van der Waals surface area contributed by atoms with Crippen molar-refractivity contribution in [3.63, 3.8) is 0 Å². The van der Waals surface area contributed by atoms with Gasteiger partial charge in [-0.2, -0.15) is 0 Å². The van der Waals surface area contributed by atoms with Gasteiger partial charge in [0.2, 0.25) is 0 Å². The molecule has 0 aromatic rings. The zero-order chi connectivity index (χ0) is 8.57. The van der Waals surface area contributed by atoms with Crippen LogP contribution >= 0.6 is 37.2 Å². The molecule has 0 heterocycles. The molecule has 0 bridgehead atoms. The average molecular weight is 368 g/mol. The largest absolute Gasteiger partial charge is 0.461 e. The maximum absolute atomic E-state index is 10.1. The van der Waals surface area contributed by atoms with Crippen LogP contribution < -0.4 is 0 Å². The van der Waals surface area contributed by atoms with Crippen molar-refractivity contribution in [3.8, 4) is 0 Å². The minimum atomic E-state index is -0.256. The summed E-state index contributed by atoms with van der Waals surface area (Å²) in [5.41, 5.74) is 0.861. The van der Waals surface area contributed by atoms with Gasteiger partial charge in [0.25, 0.3) is 0 Å². The third kappa shape index (κ3) is 15.9. The molecule has 0 amide bonds. The maximum Gasteiger partial charge on any atom is 0.302 e. The Morgan fingerprint density at radius 3 is 2.00 bits per heavy atom. The second-order valence-corrected chi connectivity index (χ2v) is 1.74. The van der Waals surface area contributed by atoms with Crippen molar-refractivity contribution in [2.75, 3.05) is 6.61 Å². The van der Waals surface area contributed by atoms with E-state index in [1.54, 1.807) is 0 Å². The quantitative estimate of drug-likeness (QED) is 0.426. The Labute approximate surface area is 84.7 Å². The van der Waals surface area contributed by atoms with Crippen molar-refractivity contribution in [1.82, 2.24) is 0 Å². The fourth-order valence-electron chi connectivity index (χ4n) is 0.225. The SMILES string of the molecule is C=C(C)COC(C)=O.II. The van der Waals surface area contributed by atoms with Crippen LogP contribution in [0.15, 0.2) is 12.2 Å². The highest BCUT2D eigenvalue weighted by molar-refractivity contribution is 15.0. The lowest BCUT2D eigenvalue weighted by atomic mass is 10.4. The predicted molar refractivity (Wildman–Crippen MR) is 59.5 cm³/mol. The lowest BCUT2D eigenvalue weighted by Gasteiger charge is -1.97. The Kier molecular flexibility index (Phi) is 12.8. The molecule has 0 fully saturated rings. The smallest absolute Gasteiger partial charge is 0.302 e. The first kappa shape index (κ1) is 13.3. The summed E-state index contributed by atoms with van der Waals surface area (Å²) in [5, 5.41) is 0. The molecule has 0 saturated heterocycles. The number of esters is 1. The van der Waals surface area contributed by atoms with E-state index in [0.29, 0.717) is 6.61 Å². The van der Waals surface area contributed by atoms with Crippen molar-refractivity contribution in [2.24, 2.45) is 0 Å². The van der Waals surface area contributed by atoms with Crippen LogP contribution in [0, 0.1) is 0 Å². The molecule has 0 rings (SSSR count). The van der Waals surface area contributed by atoms with Crippen LogP contribution in [-0.4, -0.2) is 12.6 Å². The van der Waals surface area contributed by atoms with Gasteiger partial charge in [-0.1, -0.05) is 6.58 Å². The Hall–Kier alpha value is 0.670. The normalized spacial score (nSPS) is 7.20. The molecule has 0 radical (unpaired) electrons. The Balaban J connectivity index is 0. The first-order valence-corrected chi connectivity index (χ1v) is 8.83. The summed E-state index contributed by atoms with van der Waals surface area (Å²) in [6.07, 6.45) is 0. The number of hydrogen-bond acceptors (Lipinski definition) is 2. The molecule has 60 valence electrons. The molecular weight excluding hydrogens is 358 g/mol. The second-order valence-electron chi connectivity index (χ2n) is 1.74. The van der Waals surface area contributed by atoms with Crippen LogP contribution in [0.3, 0.4) is 0 Å². The van der Waals surface area contributed by atoms with Gasteiger partial charge in [-0.25, -0.2) is 0 Å². The van der Waals surface area contributed by atoms with Crippen LogP contribution in [0.5, 0.6) is 0 Å². The van der Waals surface area contributed by atoms with Gasteiger partial charge in [-0.3, -0.25) is 4.79 Å². The van der Waals surface area contributed by atoms with Crippen molar-refractivity contribution in [1.29, 1.82) is 0 Å². The molecule has 0 saturated carbocycles. The van der Waals surface area contributed by atoms with Gasteiger partial charge in [-0.05, 0) is 12.5 Å². The minimum Gasteiger partial charge on any atom is -0.461 e. The van der Waals surface area contributed by atoms with Crippen LogP contribution in [0.2, 0.25) is 0 Å². The van der Waals surface area contributed by atoms with E-state index in [-0.39, 0.29) is 5.97 Å². The third-order valence-electron chi connectivity index (χ3n) is 0.522. The van der Waals surface area contributed by atoms with E-state index >= 15 is 0 Å². The summed E-state index contributed by atoms with van der Waals surface area (Å²) < 4.78 is 4.56. The molecule has 0 aliphatic rings. The fraction of sp³-hybridized carbons (Fsp3) is 0.500. The van der Waals surface area contributed by atoms with E-state index in [0.717, 1.165) is 5.57 Å². The van der Waals surface area contributed by atoms with Crippen molar-refractivity contribution in [3.05, 3.63) is 12.2 Å². The molecular formula is C6H10I2O2. The Bertz CT molecular complexity index is 98.3. The highest BCUT2D eigenvalue weighted by Crippen LogP contribution is 1.89. The van der Waals surface area contributed by atoms with Gasteiger partial charge in [0.05, 0.1) is 0 Å². The first-order valence-electron chi connectivity index (χ1n) is 2.55. The van der Waals surface area contributed by atoms with Gasteiger partial charge in [0.1, 0.15) is 6.61 Å². The number of hydrogen-bond donors (Lipinski definition) is 0. The predicted octanol–water partition coefficient (Wildman–Crippen LogP) is 2.90. The van der Waals surface area contributed by atoms with Crippen LogP contribution in [0.1, 0.15) is 13.8 Å². The van der Waals surface area contributed by atoms with Crippen LogP contribution in [0.25, 0.3) is 0 Å². The summed E-state index contributed by atoms with van der Waals surface area (Å²) in [6.45, 7) is 7.08. The second kappa shape index (κ2) is 9.67. The van der Waals surface area contributed by atoms with E-state index in [9.17, 15) is 4.79 Å². The van der Waals surface area contributed by atoms with Gasteiger partial charge in [-0.15, -0.1) is 0 Å². The highest BCUT2D eigenvalue weighted by Gasteiger charge is 1.89. The van der Waals surface area contributed by atoms with Gasteiger partial charge < -0.3 is 4.74 Å². The van der Waals surface area contributed by atoms with Gasteiger partial charge in [0, 0.05) is 44.2 Å². The van der Waals surface area contributed by atoms with Crippen LogP contribution in [-0.2, 0) is 9.53 Å². The van der Waals surface area contributed by atoms with Crippen molar-refractivity contribution < 1.29 is 9.53 Å². The van der Waals surface area contributed by atoms with E-state index in [1.807, 2.05) is 6.92 Å². The molecule has 0 atom stereocenters. The zero-order valence-electron chi connectivity index (χ0n) is 5.99. The Morgan fingerprint density at radius 1 is 1.50 bits per heavy atom. The molecule has 0 aromatic heterocycles. The molecule has 0 aromatic carbocycles. The van der Waals surface area contributed by atoms with Crippen LogP contribution in [0.4, 0.5) is 0 Å². The van der Waals surface area contributed by atoms with E-state index in [4.69, 9.17) is 0 Å². The minimum absolute atomic E-state index is 0.256. The maximum atomic E-state index is 10.1. The summed E-state index contributed by atoms with van der Waals surface area (Å²) in [7, 11) is 0. The number of rotatable bonds is 2. The monoisotopic (exact) mass is 368 g/mol. The standard InChI is InChI=1S/C6H10O2.I2/c1-5(2)4-8-6(3)7;1-2/h1,4H2,2-3H3;. The summed E-state index contributed by atoms with van der Waals surface area (Å²) in [6, 6.07) is 0. The molecule has 0 aliphatic heterocycles. The third-order valence-corrected chi connectivity index (χ3v) is 0.522. The average Bonchev–Trinajstić information content (AvgIpc) is 1.89. The lowest BCUT2D eigenvalue weighted by Crippen LogP contribution is -1.99. The zero-order valence-corrected chi connectivity index (χ0v) is 10.3. The summed E-state index contributed by atoms with van der Waals surface area (Å²) >= 11 is 4.24. The molecule has 0 unspecified atom stereocenters. The molecule has 0 spiro atoms. The molecule has 2 nitrogen and oxygen atoms in total. The summed E-state index contributed by atoms with van der Waals surface area (Å²) in [5.74, 6) is -0.256. The molecule has 0 aliphatic carbocycles. The first-order chi connectivity index (χ1) is 4.63. The van der Waals surface area contributed by atoms with E-state index in [1.165, 1.54) is 6.92 Å². The fourth-order valence-corrected chi connectivity index (χ4v) is 0.225. The topological polar surface area (TPSA) is 26.3 Å². The van der Waals surface area contributed by atoms with E-state index < -0.39 is 0 Å². The molecule has 10 heavy (non-hydrogen) atoms. The lowest BCUT2D eigenvalue weighted by molar-refractivity contribution is -0.139. The molecule has 4 heteroatoms. The molecule has 0 N–H and O–H groups in total. The van der Waals surface area contributed by atoms with Gasteiger partial charge in [0.15, 0.2) is 0 Å². The van der Waals surface area contributed by atoms with E-state index in [2.05, 4.69) is 48.5 Å². The highest BCUT2D eigenvalue weighted by atomic mass is 128. The summed E-state index contributed by atoms with van der Waals surface area (Å²) in [4.78, 5) is 10.1. The number of carbonyl (C=O) groups is 1. The Morgan fingerprint density at radius 2 is 1.90 bits per heavy atom. The number of carbonyl (C=O) groups excluding carboxylic acids is 1. The van der Waals surface area contributed by atoms with Crippen molar-refractivity contribution >= 4 is 43.2 Å². The van der Waals surface area contributed by atoms with Crippen molar-refractivity contribution in [2.45, 2.75) is 13.8 Å². The van der Waals surface area contributed by atoms with Gasteiger partial charge >= 0.3 is 5.97 Å². The number of halogens is 2.